The van der Waals surface area contributed by atoms with Crippen LogP contribution in [0.4, 0.5) is 0 Å². The molecule has 2 rings (SSSR count). The molecule has 0 spiro atoms. The average molecular weight is 344 g/mol. The molecule has 0 bridgehead atoms. The molecule has 132 valence electrons. The molecule has 6 heteroatoms. The van der Waals surface area contributed by atoms with E-state index < -0.39 is 11.9 Å². The summed E-state index contributed by atoms with van der Waals surface area (Å²) in [5.74, 6) is -0.595. The van der Waals surface area contributed by atoms with E-state index in [0.29, 0.717) is 33.6 Å². The van der Waals surface area contributed by atoms with E-state index in [1.807, 2.05) is 0 Å². The summed E-state index contributed by atoms with van der Waals surface area (Å²) in [4.78, 5) is 23.6. The van der Waals surface area contributed by atoms with Gasteiger partial charge in [-0.25, -0.2) is 9.59 Å². The number of hydrogen-bond donors (Lipinski definition) is 1. The molecule has 0 fully saturated rings. The highest BCUT2D eigenvalue weighted by molar-refractivity contribution is 5.96. The van der Waals surface area contributed by atoms with Crippen LogP contribution in [0.5, 0.6) is 11.5 Å². The number of carbonyl (C=O) groups excluding carboxylic acids is 2. The molecule has 6 nitrogen and oxygen atoms in total. The van der Waals surface area contributed by atoms with Crippen molar-refractivity contribution in [3.8, 4) is 22.6 Å². The topological polar surface area (TPSA) is 82.1 Å². The van der Waals surface area contributed by atoms with Crippen molar-refractivity contribution in [2.75, 3.05) is 21.3 Å². The number of methoxy groups -OCH3 is 3. The van der Waals surface area contributed by atoms with Crippen LogP contribution in [0.15, 0.2) is 24.3 Å². The van der Waals surface area contributed by atoms with E-state index in [1.54, 1.807) is 38.1 Å². The molecule has 1 N–H and O–H groups in total. The molecule has 0 aliphatic rings. The predicted molar refractivity (Wildman–Crippen MR) is 92.2 cm³/mol. The third kappa shape index (κ3) is 3.15. The van der Waals surface area contributed by atoms with E-state index >= 15 is 0 Å². The summed E-state index contributed by atoms with van der Waals surface area (Å²) in [6.45, 7) is 3.37. The van der Waals surface area contributed by atoms with Crippen molar-refractivity contribution in [2.45, 2.75) is 13.8 Å². The van der Waals surface area contributed by atoms with Crippen molar-refractivity contribution in [2.24, 2.45) is 0 Å². The average Bonchev–Trinajstić information content (AvgIpc) is 2.62. The van der Waals surface area contributed by atoms with Crippen LogP contribution in [0.25, 0.3) is 11.1 Å². The molecule has 0 heterocycles. The highest BCUT2D eigenvalue weighted by Gasteiger charge is 2.21. The Morgan fingerprint density at radius 2 is 1.28 bits per heavy atom. The number of ether oxygens (including phenoxy) is 3. The second kappa shape index (κ2) is 7.25. The van der Waals surface area contributed by atoms with Gasteiger partial charge in [0, 0.05) is 22.3 Å². The fourth-order valence-electron chi connectivity index (χ4n) is 2.75. The Labute approximate surface area is 146 Å². The zero-order valence-corrected chi connectivity index (χ0v) is 14.8. The Morgan fingerprint density at radius 1 is 0.800 bits per heavy atom. The molecular weight excluding hydrogens is 324 g/mol. The maximum absolute atomic E-state index is 11.8. The quantitative estimate of drug-likeness (QED) is 0.857. The Bertz CT molecular complexity index is 838. The zero-order valence-electron chi connectivity index (χ0n) is 14.8. The summed E-state index contributed by atoms with van der Waals surface area (Å²) in [6, 6.07) is 6.48. The molecule has 2 aromatic carbocycles. The molecule has 0 radical (unpaired) electrons. The number of aromatic hydroxyl groups is 1. The maximum atomic E-state index is 11.8. The molecule has 0 unspecified atom stereocenters. The van der Waals surface area contributed by atoms with Gasteiger partial charge in [-0.15, -0.1) is 0 Å². The number of phenolic OH excluding ortho intramolecular Hbond substituents is 1. The highest BCUT2D eigenvalue weighted by atomic mass is 16.5. The molecule has 0 atom stereocenters. The minimum Gasteiger partial charge on any atom is -0.507 e. The van der Waals surface area contributed by atoms with Gasteiger partial charge in [0.25, 0.3) is 0 Å². The fourth-order valence-corrected chi connectivity index (χ4v) is 2.75. The van der Waals surface area contributed by atoms with E-state index in [2.05, 4.69) is 0 Å². The molecule has 0 amide bonds. The van der Waals surface area contributed by atoms with Gasteiger partial charge in [-0.05, 0) is 38.1 Å². The van der Waals surface area contributed by atoms with Crippen molar-refractivity contribution in [3.05, 3.63) is 46.5 Å². The van der Waals surface area contributed by atoms with Gasteiger partial charge in [0.05, 0.1) is 32.5 Å². The Balaban J connectivity index is 2.67. The molecule has 0 aliphatic carbocycles. The van der Waals surface area contributed by atoms with Crippen LogP contribution in [0, 0.1) is 13.8 Å². The summed E-state index contributed by atoms with van der Waals surface area (Å²) < 4.78 is 14.9. The first-order chi connectivity index (χ1) is 11.9. The lowest BCUT2D eigenvalue weighted by Crippen LogP contribution is -2.06. The largest absolute Gasteiger partial charge is 0.507 e. The number of esters is 2. The second-order valence-corrected chi connectivity index (χ2v) is 5.44. The van der Waals surface area contributed by atoms with Crippen LogP contribution in [0.1, 0.15) is 31.8 Å². The van der Waals surface area contributed by atoms with E-state index in [0.717, 1.165) is 0 Å². The lowest BCUT2D eigenvalue weighted by molar-refractivity contribution is 0.0590. The predicted octanol–water partition coefficient (Wildman–Crippen LogP) is 3.26. The molecule has 0 saturated heterocycles. The number of rotatable bonds is 4. The van der Waals surface area contributed by atoms with Crippen molar-refractivity contribution in [3.63, 3.8) is 0 Å². The van der Waals surface area contributed by atoms with Gasteiger partial charge in [-0.2, -0.15) is 0 Å². The maximum Gasteiger partial charge on any atom is 0.338 e. The fraction of sp³-hybridized carbons (Fsp3) is 0.263. The van der Waals surface area contributed by atoms with Crippen LogP contribution >= 0.6 is 0 Å². The first kappa shape index (κ1) is 18.3. The normalized spacial score (nSPS) is 10.3. The van der Waals surface area contributed by atoms with Gasteiger partial charge >= 0.3 is 11.9 Å². The minimum absolute atomic E-state index is 0.0496. The Hall–Kier alpha value is -3.02. The molecular formula is C19H20O6. The molecule has 0 aromatic heterocycles. The summed E-state index contributed by atoms with van der Waals surface area (Å²) in [6.07, 6.45) is 0. The SMILES string of the molecule is COC(=O)c1ccc(-c2ccc(C(=O)OC)c(C)c2OC)c(O)c1C. The number of hydrogen-bond acceptors (Lipinski definition) is 6. The third-order valence-electron chi connectivity index (χ3n) is 4.14. The van der Waals surface area contributed by atoms with E-state index in [-0.39, 0.29) is 11.3 Å². The van der Waals surface area contributed by atoms with E-state index in [1.165, 1.54) is 21.3 Å². The van der Waals surface area contributed by atoms with Gasteiger partial charge in [0.1, 0.15) is 11.5 Å². The first-order valence-electron chi connectivity index (χ1n) is 7.54. The number of phenols is 1. The second-order valence-electron chi connectivity index (χ2n) is 5.44. The Kier molecular flexibility index (Phi) is 5.32. The van der Waals surface area contributed by atoms with Gasteiger partial charge < -0.3 is 19.3 Å². The Morgan fingerprint density at radius 3 is 1.76 bits per heavy atom. The van der Waals surface area contributed by atoms with Crippen LogP contribution in [-0.4, -0.2) is 38.4 Å². The van der Waals surface area contributed by atoms with Gasteiger partial charge in [-0.3, -0.25) is 0 Å². The van der Waals surface area contributed by atoms with Crippen molar-refractivity contribution < 1.29 is 28.9 Å². The standard InChI is InChI=1S/C19H20O6/c1-10-12(18(21)24-4)6-8-14(16(10)20)15-9-7-13(19(22)25-5)11(2)17(15)23-3/h6-9,20H,1-5H3. The van der Waals surface area contributed by atoms with Crippen molar-refractivity contribution >= 4 is 11.9 Å². The molecule has 0 aliphatic heterocycles. The van der Waals surface area contributed by atoms with E-state index in [4.69, 9.17) is 14.2 Å². The molecule has 0 saturated carbocycles. The minimum atomic E-state index is -0.525. The lowest BCUT2D eigenvalue weighted by atomic mass is 9.94. The van der Waals surface area contributed by atoms with Gasteiger partial charge in [-0.1, -0.05) is 0 Å². The highest BCUT2D eigenvalue weighted by Crippen LogP contribution is 2.41. The summed E-state index contributed by atoms with van der Waals surface area (Å²) >= 11 is 0. The number of benzene rings is 2. The van der Waals surface area contributed by atoms with Crippen molar-refractivity contribution in [1.29, 1.82) is 0 Å². The first-order valence-corrected chi connectivity index (χ1v) is 7.54. The van der Waals surface area contributed by atoms with E-state index in [9.17, 15) is 14.7 Å². The zero-order chi connectivity index (χ0) is 18.7. The summed E-state index contributed by atoms with van der Waals surface area (Å²) in [7, 11) is 4.08. The van der Waals surface area contributed by atoms with Crippen molar-refractivity contribution in [1.82, 2.24) is 0 Å². The number of carbonyl (C=O) groups is 2. The molecule has 2 aromatic rings. The van der Waals surface area contributed by atoms with Crippen LogP contribution in [-0.2, 0) is 9.47 Å². The summed E-state index contributed by atoms with van der Waals surface area (Å²) in [5.41, 5.74) is 2.75. The lowest BCUT2D eigenvalue weighted by Gasteiger charge is -2.17. The summed E-state index contributed by atoms with van der Waals surface area (Å²) in [5, 5.41) is 10.6. The molecule has 25 heavy (non-hydrogen) atoms. The van der Waals surface area contributed by atoms with Crippen LogP contribution in [0.3, 0.4) is 0 Å². The van der Waals surface area contributed by atoms with Crippen LogP contribution in [0.2, 0.25) is 0 Å². The smallest absolute Gasteiger partial charge is 0.338 e. The van der Waals surface area contributed by atoms with Gasteiger partial charge in [0.15, 0.2) is 0 Å². The third-order valence-corrected chi connectivity index (χ3v) is 4.14. The monoisotopic (exact) mass is 344 g/mol. The van der Waals surface area contributed by atoms with Gasteiger partial charge in [0.2, 0.25) is 0 Å². The van der Waals surface area contributed by atoms with Crippen LogP contribution < -0.4 is 4.74 Å².